The molecule has 0 aliphatic rings. The SMILES string of the molecule is COc1cc(CC(=O)Nc2ccccc2Oc2ccccc2)cc(OC)c1OC. The average molecular weight is 393 g/mol. The molecular weight excluding hydrogens is 370 g/mol. The van der Waals surface area contributed by atoms with Crippen LogP contribution in [0.25, 0.3) is 0 Å². The van der Waals surface area contributed by atoms with Crippen LogP contribution >= 0.6 is 0 Å². The van der Waals surface area contributed by atoms with E-state index in [1.165, 1.54) is 21.3 Å². The summed E-state index contributed by atoms with van der Waals surface area (Å²) in [6.45, 7) is 0. The quantitative estimate of drug-likeness (QED) is 0.602. The Morgan fingerprint density at radius 1 is 0.793 bits per heavy atom. The number of para-hydroxylation sites is 3. The van der Waals surface area contributed by atoms with Gasteiger partial charge in [0.15, 0.2) is 17.2 Å². The minimum atomic E-state index is -0.191. The first-order valence-corrected chi connectivity index (χ1v) is 9.05. The van der Waals surface area contributed by atoms with Gasteiger partial charge in [0.05, 0.1) is 33.4 Å². The molecule has 0 saturated heterocycles. The van der Waals surface area contributed by atoms with Gasteiger partial charge in [0, 0.05) is 0 Å². The fourth-order valence-corrected chi connectivity index (χ4v) is 2.89. The van der Waals surface area contributed by atoms with Gasteiger partial charge in [-0.05, 0) is 42.0 Å². The highest BCUT2D eigenvalue weighted by Gasteiger charge is 2.16. The summed E-state index contributed by atoms with van der Waals surface area (Å²) in [7, 11) is 4.62. The topological polar surface area (TPSA) is 66.0 Å². The summed E-state index contributed by atoms with van der Waals surface area (Å²) in [5, 5.41) is 2.91. The normalized spacial score (nSPS) is 10.2. The summed E-state index contributed by atoms with van der Waals surface area (Å²) >= 11 is 0. The van der Waals surface area contributed by atoms with Crippen molar-refractivity contribution >= 4 is 11.6 Å². The van der Waals surface area contributed by atoms with Gasteiger partial charge in [0.2, 0.25) is 11.7 Å². The second-order valence-electron chi connectivity index (χ2n) is 6.17. The van der Waals surface area contributed by atoms with Gasteiger partial charge in [-0.15, -0.1) is 0 Å². The maximum atomic E-state index is 12.7. The fourth-order valence-electron chi connectivity index (χ4n) is 2.89. The highest BCUT2D eigenvalue weighted by atomic mass is 16.5. The Balaban J connectivity index is 1.76. The van der Waals surface area contributed by atoms with E-state index in [2.05, 4.69) is 5.32 Å². The number of anilines is 1. The second kappa shape index (κ2) is 9.50. The lowest BCUT2D eigenvalue weighted by Gasteiger charge is -2.15. The predicted octanol–water partition coefficient (Wildman–Crippen LogP) is 4.69. The third-order valence-corrected chi connectivity index (χ3v) is 4.22. The van der Waals surface area contributed by atoms with E-state index in [1.807, 2.05) is 48.5 Å². The van der Waals surface area contributed by atoms with Gasteiger partial charge in [0.25, 0.3) is 0 Å². The van der Waals surface area contributed by atoms with Gasteiger partial charge >= 0.3 is 0 Å². The van der Waals surface area contributed by atoms with E-state index in [1.54, 1.807) is 18.2 Å². The number of ether oxygens (including phenoxy) is 4. The summed E-state index contributed by atoms with van der Waals surface area (Å²) in [6.07, 6.45) is 0.135. The van der Waals surface area contributed by atoms with Crippen LogP contribution in [0.1, 0.15) is 5.56 Å². The van der Waals surface area contributed by atoms with E-state index in [4.69, 9.17) is 18.9 Å². The van der Waals surface area contributed by atoms with E-state index >= 15 is 0 Å². The van der Waals surface area contributed by atoms with Gasteiger partial charge in [0.1, 0.15) is 5.75 Å². The second-order valence-corrected chi connectivity index (χ2v) is 6.17. The number of nitrogens with one attached hydrogen (secondary N) is 1. The van der Waals surface area contributed by atoms with Crippen molar-refractivity contribution in [3.63, 3.8) is 0 Å². The van der Waals surface area contributed by atoms with Crippen LogP contribution in [-0.2, 0) is 11.2 Å². The van der Waals surface area contributed by atoms with Crippen LogP contribution in [0.15, 0.2) is 66.7 Å². The molecule has 150 valence electrons. The van der Waals surface area contributed by atoms with Crippen molar-refractivity contribution < 1.29 is 23.7 Å². The zero-order valence-electron chi connectivity index (χ0n) is 16.6. The summed E-state index contributed by atoms with van der Waals surface area (Å²) in [6, 6.07) is 20.2. The summed E-state index contributed by atoms with van der Waals surface area (Å²) in [4.78, 5) is 12.7. The number of carbonyl (C=O) groups excluding carboxylic acids is 1. The highest BCUT2D eigenvalue weighted by Crippen LogP contribution is 2.38. The van der Waals surface area contributed by atoms with Crippen LogP contribution in [-0.4, -0.2) is 27.2 Å². The van der Waals surface area contributed by atoms with Crippen LogP contribution in [0.2, 0.25) is 0 Å². The molecule has 6 heteroatoms. The van der Waals surface area contributed by atoms with Crippen LogP contribution < -0.4 is 24.3 Å². The van der Waals surface area contributed by atoms with Gasteiger partial charge in [-0.1, -0.05) is 30.3 Å². The first-order valence-electron chi connectivity index (χ1n) is 9.05. The number of carbonyl (C=O) groups is 1. The monoisotopic (exact) mass is 393 g/mol. The van der Waals surface area contributed by atoms with Crippen molar-refractivity contribution in [3.05, 3.63) is 72.3 Å². The average Bonchev–Trinajstić information content (AvgIpc) is 2.75. The number of rotatable bonds is 8. The molecule has 0 atom stereocenters. The van der Waals surface area contributed by atoms with Crippen molar-refractivity contribution in [1.29, 1.82) is 0 Å². The molecule has 0 aliphatic heterocycles. The molecule has 0 saturated carbocycles. The zero-order valence-corrected chi connectivity index (χ0v) is 16.6. The lowest BCUT2D eigenvalue weighted by Crippen LogP contribution is -2.15. The summed E-state index contributed by atoms with van der Waals surface area (Å²) in [5.41, 5.74) is 1.33. The molecule has 1 N–H and O–H groups in total. The molecule has 0 spiro atoms. The van der Waals surface area contributed by atoms with Gasteiger partial charge in [-0.2, -0.15) is 0 Å². The minimum Gasteiger partial charge on any atom is -0.493 e. The van der Waals surface area contributed by atoms with E-state index in [-0.39, 0.29) is 12.3 Å². The first kappa shape index (κ1) is 20.1. The van der Waals surface area contributed by atoms with Gasteiger partial charge < -0.3 is 24.3 Å². The Hall–Kier alpha value is -3.67. The highest BCUT2D eigenvalue weighted by molar-refractivity contribution is 5.93. The Labute approximate surface area is 170 Å². The molecule has 3 aromatic rings. The molecule has 29 heavy (non-hydrogen) atoms. The molecule has 0 aliphatic carbocycles. The fraction of sp³-hybridized carbons (Fsp3) is 0.174. The molecule has 0 heterocycles. The minimum absolute atomic E-state index is 0.135. The molecule has 0 bridgehead atoms. The van der Waals surface area contributed by atoms with Crippen molar-refractivity contribution in [1.82, 2.24) is 0 Å². The summed E-state index contributed by atoms with van der Waals surface area (Å²) < 4.78 is 21.9. The van der Waals surface area contributed by atoms with Crippen molar-refractivity contribution in [2.24, 2.45) is 0 Å². The van der Waals surface area contributed by atoms with Crippen LogP contribution in [0.4, 0.5) is 5.69 Å². The lowest BCUT2D eigenvalue weighted by atomic mass is 10.1. The maximum absolute atomic E-state index is 12.7. The van der Waals surface area contributed by atoms with Crippen molar-refractivity contribution in [3.8, 4) is 28.7 Å². The van der Waals surface area contributed by atoms with Crippen molar-refractivity contribution in [2.45, 2.75) is 6.42 Å². The van der Waals surface area contributed by atoms with E-state index in [0.29, 0.717) is 34.4 Å². The standard InChI is InChI=1S/C23H23NO5/c1-26-20-13-16(14-21(27-2)23(20)28-3)15-22(25)24-18-11-7-8-12-19(18)29-17-9-5-4-6-10-17/h4-14H,15H2,1-3H3,(H,24,25). The van der Waals surface area contributed by atoms with Gasteiger partial charge in [-0.3, -0.25) is 4.79 Å². The maximum Gasteiger partial charge on any atom is 0.228 e. The molecule has 0 fully saturated rings. The van der Waals surface area contributed by atoms with Crippen molar-refractivity contribution in [2.75, 3.05) is 26.6 Å². The number of benzene rings is 3. The Bertz CT molecular complexity index is 947. The van der Waals surface area contributed by atoms with E-state index in [9.17, 15) is 4.79 Å². The molecule has 0 aromatic heterocycles. The van der Waals surface area contributed by atoms with E-state index in [0.717, 1.165) is 5.56 Å². The Morgan fingerprint density at radius 3 is 2.03 bits per heavy atom. The zero-order chi connectivity index (χ0) is 20.6. The van der Waals surface area contributed by atoms with E-state index < -0.39 is 0 Å². The third-order valence-electron chi connectivity index (χ3n) is 4.22. The van der Waals surface area contributed by atoms with Crippen LogP contribution in [0.5, 0.6) is 28.7 Å². The summed E-state index contributed by atoms with van der Waals surface area (Å²) in [5.74, 6) is 2.56. The molecule has 6 nitrogen and oxygen atoms in total. The molecule has 3 rings (SSSR count). The number of amides is 1. The molecule has 3 aromatic carbocycles. The molecule has 0 radical (unpaired) electrons. The predicted molar refractivity (Wildman–Crippen MR) is 111 cm³/mol. The van der Waals surface area contributed by atoms with Crippen LogP contribution in [0.3, 0.4) is 0 Å². The Morgan fingerprint density at radius 2 is 1.41 bits per heavy atom. The largest absolute Gasteiger partial charge is 0.493 e. The third kappa shape index (κ3) is 4.99. The first-order chi connectivity index (χ1) is 14.1. The molecule has 0 unspecified atom stereocenters. The Kier molecular flexibility index (Phi) is 6.58. The number of hydrogen-bond donors (Lipinski definition) is 1. The number of hydrogen-bond acceptors (Lipinski definition) is 5. The lowest BCUT2D eigenvalue weighted by molar-refractivity contribution is -0.115. The van der Waals surface area contributed by atoms with Gasteiger partial charge in [-0.25, -0.2) is 0 Å². The van der Waals surface area contributed by atoms with Crippen LogP contribution in [0, 0.1) is 0 Å². The number of methoxy groups -OCH3 is 3. The smallest absolute Gasteiger partial charge is 0.228 e. The molecular formula is C23H23NO5. The molecule has 1 amide bonds.